The summed E-state index contributed by atoms with van der Waals surface area (Å²) in [5, 5.41) is 6.30. The first kappa shape index (κ1) is 21.3. The van der Waals surface area contributed by atoms with Crippen molar-refractivity contribution in [2.24, 2.45) is 0 Å². The first-order chi connectivity index (χ1) is 15.5. The third kappa shape index (κ3) is 4.70. The normalized spacial score (nSPS) is 13.6. The smallest absolute Gasteiger partial charge is 0.261 e. The van der Waals surface area contributed by atoms with Crippen LogP contribution in [0.2, 0.25) is 0 Å². The second kappa shape index (κ2) is 9.47. The SMILES string of the molecule is CC(Nc1ccc(NC(=O)CCCN2C(=O)c3ccccc3C2=O)cc1)c1ccccc1. The molecule has 0 fully saturated rings. The highest BCUT2D eigenvalue weighted by molar-refractivity contribution is 6.21. The number of rotatable bonds is 8. The van der Waals surface area contributed by atoms with Crippen LogP contribution in [0.4, 0.5) is 11.4 Å². The number of anilines is 2. The van der Waals surface area contributed by atoms with Gasteiger partial charge in [0.15, 0.2) is 0 Å². The highest BCUT2D eigenvalue weighted by atomic mass is 16.2. The van der Waals surface area contributed by atoms with Crippen molar-refractivity contribution < 1.29 is 14.4 Å². The molecule has 3 aromatic rings. The van der Waals surface area contributed by atoms with Crippen molar-refractivity contribution in [3.05, 3.63) is 95.6 Å². The van der Waals surface area contributed by atoms with E-state index in [-0.39, 0.29) is 36.7 Å². The lowest BCUT2D eigenvalue weighted by atomic mass is 10.1. The number of hydrogen-bond acceptors (Lipinski definition) is 4. The van der Waals surface area contributed by atoms with Gasteiger partial charge in [0, 0.05) is 30.4 Å². The zero-order valence-electron chi connectivity index (χ0n) is 17.9. The highest BCUT2D eigenvalue weighted by Gasteiger charge is 2.34. The van der Waals surface area contributed by atoms with E-state index in [1.807, 2.05) is 42.5 Å². The number of nitrogens with one attached hydrogen (secondary N) is 2. The van der Waals surface area contributed by atoms with Crippen LogP contribution >= 0.6 is 0 Å². The number of carbonyl (C=O) groups excluding carboxylic acids is 3. The summed E-state index contributed by atoms with van der Waals surface area (Å²) in [7, 11) is 0. The molecule has 1 atom stereocenters. The Kier molecular flexibility index (Phi) is 6.31. The van der Waals surface area contributed by atoms with Gasteiger partial charge in [0.1, 0.15) is 0 Å². The van der Waals surface area contributed by atoms with E-state index in [1.54, 1.807) is 24.3 Å². The third-order valence-electron chi connectivity index (χ3n) is 5.52. The monoisotopic (exact) mass is 427 g/mol. The maximum Gasteiger partial charge on any atom is 0.261 e. The first-order valence-electron chi connectivity index (χ1n) is 10.7. The Balaban J connectivity index is 1.24. The molecule has 162 valence electrons. The van der Waals surface area contributed by atoms with Crippen molar-refractivity contribution in [1.29, 1.82) is 0 Å². The van der Waals surface area contributed by atoms with Gasteiger partial charge in [0.2, 0.25) is 5.91 Å². The Morgan fingerprint density at radius 2 is 1.38 bits per heavy atom. The van der Waals surface area contributed by atoms with Gasteiger partial charge in [-0.25, -0.2) is 0 Å². The molecule has 0 bridgehead atoms. The highest BCUT2D eigenvalue weighted by Crippen LogP contribution is 2.23. The zero-order chi connectivity index (χ0) is 22.5. The summed E-state index contributed by atoms with van der Waals surface area (Å²) in [4.78, 5) is 38.3. The van der Waals surface area contributed by atoms with E-state index in [1.165, 1.54) is 10.5 Å². The standard InChI is InChI=1S/C26H25N3O3/c1-18(19-8-3-2-4-9-19)27-20-13-15-21(16-14-20)28-24(30)12-7-17-29-25(31)22-10-5-6-11-23(22)26(29)32/h2-6,8-11,13-16,18,27H,7,12,17H2,1H3,(H,28,30). The van der Waals surface area contributed by atoms with E-state index in [2.05, 4.69) is 29.7 Å². The zero-order valence-corrected chi connectivity index (χ0v) is 17.9. The summed E-state index contributed by atoms with van der Waals surface area (Å²) >= 11 is 0. The minimum atomic E-state index is -0.293. The quantitative estimate of drug-likeness (QED) is 0.503. The van der Waals surface area contributed by atoms with E-state index >= 15 is 0 Å². The van der Waals surface area contributed by atoms with Gasteiger partial charge in [-0.05, 0) is 55.3 Å². The molecular weight excluding hydrogens is 402 g/mol. The van der Waals surface area contributed by atoms with Gasteiger partial charge in [-0.15, -0.1) is 0 Å². The average molecular weight is 428 g/mol. The van der Waals surface area contributed by atoms with Gasteiger partial charge >= 0.3 is 0 Å². The van der Waals surface area contributed by atoms with Crippen LogP contribution in [0.15, 0.2) is 78.9 Å². The van der Waals surface area contributed by atoms with Gasteiger partial charge in [-0.2, -0.15) is 0 Å². The Morgan fingerprint density at radius 1 is 0.812 bits per heavy atom. The molecule has 32 heavy (non-hydrogen) atoms. The average Bonchev–Trinajstić information content (AvgIpc) is 3.06. The summed E-state index contributed by atoms with van der Waals surface area (Å²) in [6.45, 7) is 2.32. The number of imide groups is 1. The summed E-state index contributed by atoms with van der Waals surface area (Å²) in [6.07, 6.45) is 0.629. The molecule has 1 heterocycles. The largest absolute Gasteiger partial charge is 0.379 e. The van der Waals surface area contributed by atoms with Crippen LogP contribution in [0.25, 0.3) is 0 Å². The predicted molar refractivity (Wildman–Crippen MR) is 125 cm³/mol. The number of nitrogens with zero attached hydrogens (tertiary/aromatic N) is 1. The molecule has 0 aliphatic carbocycles. The number of fused-ring (bicyclic) bond motifs is 1. The number of benzene rings is 3. The van der Waals surface area contributed by atoms with Crippen molar-refractivity contribution in [2.75, 3.05) is 17.2 Å². The Bertz CT molecular complexity index is 1090. The van der Waals surface area contributed by atoms with Crippen molar-refractivity contribution in [3.63, 3.8) is 0 Å². The van der Waals surface area contributed by atoms with Crippen LogP contribution in [0.1, 0.15) is 52.1 Å². The lowest BCUT2D eigenvalue weighted by Crippen LogP contribution is -2.31. The number of hydrogen-bond donors (Lipinski definition) is 2. The molecule has 4 rings (SSSR count). The fourth-order valence-electron chi connectivity index (χ4n) is 3.79. The Hall–Kier alpha value is -3.93. The van der Waals surface area contributed by atoms with Crippen LogP contribution in [0.3, 0.4) is 0 Å². The van der Waals surface area contributed by atoms with Crippen LogP contribution < -0.4 is 10.6 Å². The van der Waals surface area contributed by atoms with E-state index in [0.717, 1.165) is 5.69 Å². The van der Waals surface area contributed by atoms with Gasteiger partial charge in [-0.1, -0.05) is 42.5 Å². The van der Waals surface area contributed by atoms with Crippen LogP contribution in [-0.2, 0) is 4.79 Å². The summed E-state index contributed by atoms with van der Waals surface area (Å²) in [6, 6.07) is 24.7. The summed E-state index contributed by atoms with van der Waals surface area (Å²) in [5.41, 5.74) is 3.72. The van der Waals surface area contributed by atoms with E-state index in [9.17, 15) is 14.4 Å². The number of carbonyl (C=O) groups is 3. The molecule has 0 aromatic heterocycles. The second-order valence-electron chi connectivity index (χ2n) is 7.81. The molecule has 0 saturated heterocycles. The topological polar surface area (TPSA) is 78.5 Å². The van der Waals surface area contributed by atoms with E-state index in [0.29, 0.717) is 23.2 Å². The summed E-state index contributed by atoms with van der Waals surface area (Å²) < 4.78 is 0. The van der Waals surface area contributed by atoms with Crippen LogP contribution in [0, 0.1) is 0 Å². The molecule has 1 aliphatic rings. The number of amides is 3. The molecular formula is C26H25N3O3. The van der Waals surface area contributed by atoms with E-state index in [4.69, 9.17) is 0 Å². The lowest BCUT2D eigenvalue weighted by molar-refractivity contribution is -0.116. The molecule has 6 nitrogen and oxygen atoms in total. The minimum absolute atomic E-state index is 0.153. The molecule has 6 heteroatoms. The predicted octanol–water partition coefficient (Wildman–Crippen LogP) is 4.87. The van der Waals surface area contributed by atoms with Crippen molar-refractivity contribution in [2.45, 2.75) is 25.8 Å². The summed E-state index contributed by atoms with van der Waals surface area (Å²) in [5.74, 6) is -0.738. The lowest BCUT2D eigenvalue weighted by Gasteiger charge is -2.16. The fraction of sp³-hybridized carbons (Fsp3) is 0.192. The maximum absolute atomic E-state index is 12.4. The first-order valence-corrected chi connectivity index (χ1v) is 10.7. The molecule has 0 radical (unpaired) electrons. The molecule has 0 spiro atoms. The minimum Gasteiger partial charge on any atom is -0.379 e. The van der Waals surface area contributed by atoms with Crippen LogP contribution in [-0.4, -0.2) is 29.2 Å². The molecule has 3 amide bonds. The molecule has 3 aromatic carbocycles. The Labute approximate surface area is 187 Å². The Morgan fingerprint density at radius 3 is 2.00 bits per heavy atom. The van der Waals surface area contributed by atoms with Gasteiger partial charge in [0.25, 0.3) is 11.8 Å². The van der Waals surface area contributed by atoms with Gasteiger partial charge in [0.05, 0.1) is 11.1 Å². The van der Waals surface area contributed by atoms with Gasteiger partial charge < -0.3 is 10.6 Å². The third-order valence-corrected chi connectivity index (χ3v) is 5.52. The van der Waals surface area contributed by atoms with Crippen molar-refractivity contribution in [3.8, 4) is 0 Å². The maximum atomic E-state index is 12.4. The van der Waals surface area contributed by atoms with E-state index < -0.39 is 0 Å². The van der Waals surface area contributed by atoms with Crippen LogP contribution in [0.5, 0.6) is 0 Å². The van der Waals surface area contributed by atoms with Crippen molar-refractivity contribution in [1.82, 2.24) is 4.90 Å². The molecule has 1 unspecified atom stereocenters. The molecule has 2 N–H and O–H groups in total. The fourth-order valence-corrected chi connectivity index (χ4v) is 3.79. The van der Waals surface area contributed by atoms with Gasteiger partial charge in [-0.3, -0.25) is 19.3 Å². The molecule has 1 aliphatic heterocycles. The second-order valence-corrected chi connectivity index (χ2v) is 7.81. The molecule has 0 saturated carbocycles. The van der Waals surface area contributed by atoms with Crippen molar-refractivity contribution >= 4 is 29.1 Å².